The predicted molar refractivity (Wildman–Crippen MR) is 89.3 cm³/mol. The van der Waals surface area contributed by atoms with Crippen molar-refractivity contribution >= 4 is 21.6 Å². The minimum Gasteiger partial charge on any atom is -0.367 e. The minimum atomic E-state index is -0.100. The Morgan fingerprint density at radius 2 is 2.27 bits per heavy atom. The first-order chi connectivity index (χ1) is 10.6. The summed E-state index contributed by atoms with van der Waals surface area (Å²) in [6, 6.07) is 0.391. The first kappa shape index (κ1) is 15.3. The molecule has 1 atom stereocenters. The highest BCUT2D eigenvalue weighted by atomic mass is 79.9. The van der Waals surface area contributed by atoms with Crippen molar-refractivity contribution in [3.8, 4) is 0 Å². The van der Waals surface area contributed by atoms with Crippen LogP contribution in [0.5, 0.6) is 0 Å². The van der Waals surface area contributed by atoms with Crippen LogP contribution in [-0.4, -0.2) is 32.4 Å². The fourth-order valence-corrected chi connectivity index (χ4v) is 3.68. The molecule has 0 saturated carbocycles. The molecule has 1 aliphatic heterocycles. The van der Waals surface area contributed by atoms with Gasteiger partial charge in [0, 0.05) is 39.0 Å². The van der Waals surface area contributed by atoms with Crippen molar-refractivity contribution in [2.24, 2.45) is 7.05 Å². The summed E-state index contributed by atoms with van der Waals surface area (Å²) < 4.78 is 4.21. The Hall–Kier alpha value is -1.63. The van der Waals surface area contributed by atoms with E-state index in [-0.39, 0.29) is 5.56 Å². The minimum absolute atomic E-state index is 0.100. The highest BCUT2D eigenvalue weighted by molar-refractivity contribution is 9.10. The van der Waals surface area contributed by atoms with Gasteiger partial charge in [0.05, 0.1) is 17.9 Å². The van der Waals surface area contributed by atoms with Crippen LogP contribution in [0.3, 0.4) is 0 Å². The molecule has 22 heavy (non-hydrogen) atoms. The second-order valence-electron chi connectivity index (χ2n) is 5.62. The topological polar surface area (TPSA) is 56.0 Å². The van der Waals surface area contributed by atoms with Gasteiger partial charge in [-0.15, -0.1) is 0 Å². The van der Waals surface area contributed by atoms with E-state index in [0.717, 1.165) is 43.9 Å². The van der Waals surface area contributed by atoms with E-state index in [0.29, 0.717) is 10.5 Å². The molecule has 2 aromatic rings. The Morgan fingerprint density at radius 1 is 1.45 bits per heavy atom. The van der Waals surface area contributed by atoms with E-state index in [1.807, 2.05) is 6.20 Å². The molecule has 1 fully saturated rings. The normalized spacial score (nSPS) is 18.7. The van der Waals surface area contributed by atoms with Gasteiger partial charge in [0.1, 0.15) is 10.3 Å². The van der Waals surface area contributed by atoms with E-state index in [9.17, 15) is 4.79 Å². The van der Waals surface area contributed by atoms with Gasteiger partial charge in [0.15, 0.2) is 0 Å². The van der Waals surface area contributed by atoms with Crippen LogP contribution in [-0.2, 0) is 13.5 Å². The van der Waals surface area contributed by atoms with Gasteiger partial charge in [-0.25, -0.2) is 9.67 Å². The summed E-state index contributed by atoms with van der Waals surface area (Å²) in [5.41, 5.74) is 0.780. The summed E-state index contributed by atoms with van der Waals surface area (Å²) in [5, 5.41) is 4.15. The van der Waals surface area contributed by atoms with Crippen molar-refractivity contribution in [3.05, 3.63) is 39.2 Å². The third-order valence-corrected chi connectivity index (χ3v) is 5.00. The third-order valence-electron chi connectivity index (χ3n) is 4.26. The molecule has 118 valence electrons. The predicted octanol–water partition coefficient (Wildman–Crippen LogP) is 2.14. The van der Waals surface area contributed by atoms with Gasteiger partial charge < -0.3 is 9.47 Å². The lowest BCUT2D eigenvalue weighted by molar-refractivity contribution is 0.395. The van der Waals surface area contributed by atoms with Crippen LogP contribution in [0.2, 0.25) is 0 Å². The highest BCUT2D eigenvalue weighted by Gasteiger charge is 2.25. The summed E-state index contributed by atoms with van der Waals surface area (Å²) in [4.78, 5) is 18.7. The lowest BCUT2D eigenvalue weighted by Crippen LogP contribution is -2.38. The fourth-order valence-electron chi connectivity index (χ4n) is 3.07. The number of rotatable bonds is 3. The quantitative estimate of drug-likeness (QED) is 0.835. The zero-order valence-electron chi connectivity index (χ0n) is 12.9. The Bertz CT molecular complexity index is 723. The largest absolute Gasteiger partial charge is 0.367 e. The Kier molecular flexibility index (Phi) is 4.33. The Balaban J connectivity index is 1.88. The molecule has 6 nitrogen and oxygen atoms in total. The molecule has 0 amide bonds. The number of aromatic nitrogens is 4. The van der Waals surface area contributed by atoms with Gasteiger partial charge in [-0.05, 0) is 28.8 Å². The average molecular weight is 366 g/mol. The van der Waals surface area contributed by atoms with Crippen LogP contribution < -0.4 is 10.5 Å². The molecule has 3 heterocycles. The number of nitrogens with zero attached hydrogens (tertiary/aromatic N) is 5. The summed E-state index contributed by atoms with van der Waals surface area (Å²) in [7, 11) is 1.66. The standard InChI is InChI=1S/C15H20BrN5O/c1-3-13-17-6-8-21(13)11-5-4-7-20(10-11)12-9-18-19(2)15(22)14(12)16/h6,8-9,11H,3-5,7,10H2,1-2H3. The zero-order valence-corrected chi connectivity index (χ0v) is 14.5. The second-order valence-corrected chi connectivity index (χ2v) is 6.41. The lowest BCUT2D eigenvalue weighted by Gasteiger charge is -2.35. The maximum absolute atomic E-state index is 12.1. The van der Waals surface area contributed by atoms with Crippen molar-refractivity contribution in [2.75, 3.05) is 18.0 Å². The SMILES string of the molecule is CCc1nccn1C1CCCN(c2cnn(C)c(=O)c2Br)C1. The van der Waals surface area contributed by atoms with Gasteiger partial charge in [-0.2, -0.15) is 5.10 Å². The van der Waals surface area contributed by atoms with Crippen LogP contribution in [0.25, 0.3) is 0 Å². The molecule has 2 aromatic heterocycles. The molecule has 0 bridgehead atoms. The molecule has 7 heteroatoms. The number of halogens is 1. The molecule has 0 N–H and O–H groups in total. The Morgan fingerprint density at radius 3 is 3.05 bits per heavy atom. The smallest absolute Gasteiger partial charge is 0.282 e. The molecule has 0 aliphatic carbocycles. The summed E-state index contributed by atoms with van der Waals surface area (Å²) in [6.07, 6.45) is 8.85. The fraction of sp³-hybridized carbons (Fsp3) is 0.533. The van der Waals surface area contributed by atoms with Crippen LogP contribution in [0.4, 0.5) is 5.69 Å². The monoisotopic (exact) mass is 365 g/mol. The molecule has 1 unspecified atom stereocenters. The number of aryl methyl sites for hydroxylation is 2. The number of hydrogen-bond acceptors (Lipinski definition) is 4. The van der Waals surface area contributed by atoms with Crippen molar-refractivity contribution in [3.63, 3.8) is 0 Å². The molecule has 0 spiro atoms. The molecular formula is C15H20BrN5O. The molecule has 1 aliphatic rings. The van der Waals surface area contributed by atoms with Crippen LogP contribution in [0, 0.1) is 0 Å². The van der Waals surface area contributed by atoms with Crippen LogP contribution in [0.15, 0.2) is 27.9 Å². The molecule has 1 saturated heterocycles. The maximum Gasteiger partial charge on any atom is 0.282 e. The average Bonchev–Trinajstić information content (AvgIpc) is 3.01. The molecule has 0 radical (unpaired) electrons. The number of hydrogen-bond donors (Lipinski definition) is 0. The van der Waals surface area contributed by atoms with Gasteiger partial charge in [0.2, 0.25) is 0 Å². The van der Waals surface area contributed by atoms with E-state index in [1.165, 1.54) is 4.68 Å². The lowest BCUT2D eigenvalue weighted by atomic mass is 10.0. The maximum atomic E-state index is 12.1. The van der Waals surface area contributed by atoms with Gasteiger partial charge in [-0.1, -0.05) is 6.92 Å². The summed E-state index contributed by atoms with van der Waals surface area (Å²) in [5.74, 6) is 1.12. The van der Waals surface area contributed by atoms with E-state index < -0.39 is 0 Å². The van der Waals surface area contributed by atoms with Gasteiger partial charge in [-0.3, -0.25) is 4.79 Å². The number of anilines is 1. The zero-order chi connectivity index (χ0) is 15.7. The van der Waals surface area contributed by atoms with Crippen LogP contribution in [0.1, 0.15) is 31.6 Å². The van der Waals surface area contributed by atoms with Crippen LogP contribution >= 0.6 is 15.9 Å². The van der Waals surface area contributed by atoms with Gasteiger partial charge in [0.25, 0.3) is 5.56 Å². The Labute approximate surface area is 137 Å². The van der Waals surface area contributed by atoms with E-state index in [1.54, 1.807) is 13.2 Å². The summed E-state index contributed by atoms with van der Waals surface area (Å²) >= 11 is 3.43. The van der Waals surface area contributed by atoms with E-state index in [2.05, 4.69) is 48.6 Å². The molecule has 3 rings (SSSR count). The number of piperidine rings is 1. The second kappa shape index (κ2) is 6.24. The summed E-state index contributed by atoms with van der Waals surface area (Å²) in [6.45, 7) is 3.94. The highest BCUT2D eigenvalue weighted by Crippen LogP contribution is 2.29. The van der Waals surface area contributed by atoms with Crippen molar-refractivity contribution in [2.45, 2.75) is 32.2 Å². The van der Waals surface area contributed by atoms with Gasteiger partial charge >= 0.3 is 0 Å². The van der Waals surface area contributed by atoms with Crippen molar-refractivity contribution in [1.82, 2.24) is 19.3 Å². The first-order valence-corrected chi connectivity index (χ1v) is 8.39. The van der Waals surface area contributed by atoms with E-state index >= 15 is 0 Å². The molecular weight excluding hydrogens is 346 g/mol. The first-order valence-electron chi connectivity index (χ1n) is 7.60. The van der Waals surface area contributed by atoms with Crippen molar-refractivity contribution < 1.29 is 0 Å². The van der Waals surface area contributed by atoms with Crippen molar-refractivity contribution in [1.29, 1.82) is 0 Å². The third kappa shape index (κ3) is 2.69. The van der Waals surface area contributed by atoms with E-state index in [4.69, 9.17) is 0 Å². The number of imidazole rings is 1. The molecule has 0 aromatic carbocycles.